The van der Waals surface area contributed by atoms with Crippen LogP contribution in [0.1, 0.15) is 28.9 Å². The fourth-order valence-electron chi connectivity index (χ4n) is 3.59. The molecule has 166 valence electrons. The number of aryl methyl sites for hydroxylation is 2. The zero-order chi connectivity index (χ0) is 23.4. The van der Waals surface area contributed by atoms with Crippen LogP contribution in [-0.4, -0.2) is 33.0 Å². The van der Waals surface area contributed by atoms with Gasteiger partial charge in [-0.1, -0.05) is 12.1 Å². The van der Waals surface area contributed by atoms with Gasteiger partial charge in [0.25, 0.3) is 5.91 Å². The van der Waals surface area contributed by atoms with Crippen molar-refractivity contribution >= 4 is 28.4 Å². The predicted molar refractivity (Wildman–Crippen MR) is 121 cm³/mol. The Hall–Kier alpha value is -4.45. The van der Waals surface area contributed by atoms with E-state index in [1.54, 1.807) is 24.3 Å². The quantitative estimate of drug-likeness (QED) is 0.443. The molecule has 4 aromatic rings. The van der Waals surface area contributed by atoms with Crippen LogP contribution in [0.5, 0.6) is 5.75 Å². The van der Waals surface area contributed by atoms with Crippen molar-refractivity contribution < 1.29 is 14.3 Å². The van der Waals surface area contributed by atoms with E-state index in [9.17, 15) is 9.59 Å². The first-order valence-electron chi connectivity index (χ1n) is 10.4. The van der Waals surface area contributed by atoms with E-state index >= 15 is 0 Å². The van der Waals surface area contributed by atoms with Crippen LogP contribution in [0.15, 0.2) is 48.5 Å². The fourth-order valence-corrected chi connectivity index (χ4v) is 3.59. The first-order valence-corrected chi connectivity index (χ1v) is 10.4. The van der Waals surface area contributed by atoms with Gasteiger partial charge in [0.1, 0.15) is 5.75 Å². The van der Waals surface area contributed by atoms with E-state index in [2.05, 4.69) is 16.0 Å². The molecule has 0 aliphatic heterocycles. The molecule has 2 aromatic carbocycles. The van der Waals surface area contributed by atoms with Crippen molar-refractivity contribution in [2.24, 2.45) is 0 Å². The van der Waals surface area contributed by atoms with Gasteiger partial charge in [0.05, 0.1) is 17.1 Å². The fraction of sp³-hybridized carbons (Fsp3) is 0.208. The van der Waals surface area contributed by atoms with Crippen LogP contribution >= 0.6 is 0 Å². The van der Waals surface area contributed by atoms with E-state index in [0.29, 0.717) is 17.7 Å². The van der Waals surface area contributed by atoms with Crippen LogP contribution in [0.3, 0.4) is 0 Å². The molecular weight excluding hydrogens is 420 g/mol. The lowest BCUT2D eigenvalue weighted by Crippen LogP contribution is -2.43. The molecule has 0 fully saturated rings. The smallest absolute Gasteiger partial charge is 0.276 e. The van der Waals surface area contributed by atoms with Crippen LogP contribution < -0.4 is 15.6 Å². The summed E-state index contributed by atoms with van der Waals surface area (Å²) < 4.78 is 7.15. The second-order valence-corrected chi connectivity index (χ2v) is 7.53. The lowest BCUT2D eigenvalue weighted by molar-refractivity contribution is -0.130. The lowest BCUT2D eigenvalue weighted by Gasteiger charge is -2.12. The number of benzene rings is 2. The van der Waals surface area contributed by atoms with Crippen molar-refractivity contribution in [2.75, 3.05) is 6.61 Å². The number of ether oxygens (including phenoxy) is 1. The van der Waals surface area contributed by atoms with E-state index in [-0.39, 0.29) is 18.9 Å². The summed E-state index contributed by atoms with van der Waals surface area (Å²) in [6, 6.07) is 16.2. The highest BCUT2D eigenvalue weighted by atomic mass is 16.5. The van der Waals surface area contributed by atoms with E-state index in [4.69, 9.17) is 15.0 Å². The van der Waals surface area contributed by atoms with Crippen LogP contribution in [-0.2, 0) is 16.0 Å². The van der Waals surface area contributed by atoms with Gasteiger partial charge in [0, 0.05) is 23.2 Å². The van der Waals surface area contributed by atoms with Gasteiger partial charge in [-0.3, -0.25) is 20.4 Å². The molecule has 0 saturated carbocycles. The van der Waals surface area contributed by atoms with Gasteiger partial charge in [-0.05, 0) is 62.2 Å². The molecule has 0 radical (unpaired) electrons. The largest absolute Gasteiger partial charge is 0.484 e. The summed E-state index contributed by atoms with van der Waals surface area (Å²) in [7, 11) is 0. The molecule has 2 heterocycles. The summed E-state index contributed by atoms with van der Waals surface area (Å²) in [6.07, 6.45) is 0.632. The molecule has 2 N–H and O–H groups in total. The summed E-state index contributed by atoms with van der Waals surface area (Å²) in [4.78, 5) is 28.9. The Morgan fingerprint density at radius 3 is 2.55 bits per heavy atom. The average Bonchev–Trinajstić information content (AvgIpc) is 3.20. The highest BCUT2D eigenvalue weighted by molar-refractivity contribution is 5.92. The number of nitrogens with zero attached hydrogens (tertiary/aromatic N) is 4. The Kier molecular flexibility index (Phi) is 6.17. The highest BCUT2D eigenvalue weighted by Gasteiger charge is 2.15. The van der Waals surface area contributed by atoms with Gasteiger partial charge < -0.3 is 4.74 Å². The van der Waals surface area contributed by atoms with Gasteiger partial charge in [-0.25, -0.2) is 9.50 Å². The van der Waals surface area contributed by atoms with Crippen molar-refractivity contribution in [1.82, 2.24) is 25.4 Å². The maximum atomic E-state index is 12.3. The molecule has 0 bridgehead atoms. The van der Waals surface area contributed by atoms with Crippen molar-refractivity contribution in [2.45, 2.75) is 26.7 Å². The second kappa shape index (κ2) is 9.36. The summed E-state index contributed by atoms with van der Waals surface area (Å²) in [5.41, 5.74) is 9.63. The molecule has 0 spiro atoms. The Labute approximate surface area is 190 Å². The predicted octanol–water partition coefficient (Wildman–Crippen LogP) is 2.53. The summed E-state index contributed by atoms with van der Waals surface area (Å²) in [5.74, 6) is -0.367. The number of hydrogen-bond donors (Lipinski definition) is 2. The molecule has 33 heavy (non-hydrogen) atoms. The third-order valence-corrected chi connectivity index (χ3v) is 5.31. The minimum Gasteiger partial charge on any atom is -0.484 e. The Balaban J connectivity index is 1.31. The van der Waals surface area contributed by atoms with E-state index in [1.807, 2.05) is 48.7 Å². The van der Waals surface area contributed by atoms with E-state index < -0.39 is 5.91 Å². The first kappa shape index (κ1) is 21.8. The SMILES string of the molecule is Cc1nc2c3ccccc3nn2c(C)c1CCC(=O)NNC(=O)COc1ccc(C#N)cc1. The number of aromatic nitrogens is 3. The van der Waals surface area contributed by atoms with Crippen molar-refractivity contribution in [3.63, 3.8) is 0 Å². The third-order valence-electron chi connectivity index (χ3n) is 5.31. The number of nitrogens with one attached hydrogen (secondary N) is 2. The average molecular weight is 442 g/mol. The molecule has 9 heteroatoms. The van der Waals surface area contributed by atoms with Crippen LogP contribution in [0.4, 0.5) is 0 Å². The van der Waals surface area contributed by atoms with Gasteiger partial charge in [-0.2, -0.15) is 10.4 Å². The maximum Gasteiger partial charge on any atom is 0.276 e. The van der Waals surface area contributed by atoms with Crippen molar-refractivity contribution in [3.8, 4) is 11.8 Å². The van der Waals surface area contributed by atoms with Crippen molar-refractivity contribution in [1.29, 1.82) is 5.26 Å². The summed E-state index contributed by atoms with van der Waals surface area (Å²) in [6.45, 7) is 3.62. The molecule has 2 aromatic heterocycles. The number of carbonyl (C=O) groups is 2. The molecule has 0 saturated heterocycles. The summed E-state index contributed by atoms with van der Waals surface area (Å²) >= 11 is 0. The van der Waals surface area contributed by atoms with Crippen molar-refractivity contribution in [3.05, 3.63) is 71.0 Å². The first-order chi connectivity index (χ1) is 16.0. The molecule has 0 aliphatic rings. The topological polar surface area (TPSA) is 121 Å². The number of nitriles is 1. The number of hydrogen-bond acceptors (Lipinski definition) is 6. The van der Waals surface area contributed by atoms with Gasteiger partial charge in [-0.15, -0.1) is 0 Å². The molecule has 9 nitrogen and oxygen atoms in total. The minimum atomic E-state index is -0.494. The molecular formula is C24H22N6O3. The Bertz CT molecular complexity index is 1390. The van der Waals surface area contributed by atoms with Gasteiger partial charge >= 0.3 is 0 Å². The number of hydrazine groups is 1. The second-order valence-electron chi connectivity index (χ2n) is 7.53. The standard InChI is InChI=1S/C24H22N6O3/c1-15-19(16(2)30-24(26-15)20-5-3-4-6-21(20)29-30)11-12-22(31)27-28-23(32)14-33-18-9-7-17(13-25)8-10-18/h3-10H,11-12,14H2,1-2H3,(H,27,31)(H,28,32). The summed E-state index contributed by atoms with van der Waals surface area (Å²) in [5, 5.41) is 14.4. The molecule has 0 aliphatic carbocycles. The minimum absolute atomic E-state index is 0.173. The van der Waals surface area contributed by atoms with Gasteiger partial charge in [0.15, 0.2) is 12.3 Å². The lowest BCUT2D eigenvalue weighted by atomic mass is 10.1. The monoisotopic (exact) mass is 442 g/mol. The molecule has 4 rings (SSSR count). The molecule has 2 amide bonds. The van der Waals surface area contributed by atoms with E-state index in [1.165, 1.54) is 0 Å². The normalized spacial score (nSPS) is 10.7. The molecule has 0 atom stereocenters. The Morgan fingerprint density at radius 1 is 1.06 bits per heavy atom. The number of fused-ring (bicyclic) bond motifs is 3. The zero-order valence-electron chi connectivity index (χ0n) is 18.3. The number of rotatable bonds is 6. The van der Waals surface area contributed by atoms with Crippen LogP contribution in [0.2, 0.25) is 0 Å². The maximum absolute atomic E-state index is 12.3. The van der Waals surface area contributed by atoms with Crippen LogP contribution in [0, 0.1) is 25.2 Å². The van der Waals surface area contributed by atoms with Crippen LogP contribution in [0.25, 0.3) is 16.6 Å². The third kappa shape index (κ3) is 4.75. The Morgan fingerprint density at radius 2 is 1.79 bits per heavy atom. The van der Waals surface area contributed by atoms with Gasteiger partial charge in [0.2, 0.25) is 5.91 Å². The van der Waals surface area contributed by atoms with E-state index in [0.717, 1.165) is 33.5 Å². The number of carbonyl (C=O) groups excluding carboxylic acids is 2. The number of amides is 2. The zero-order valence-corrected chi connectivity index (χ0v) is 18.3. The highest BCUT2D eigenvalue weighted by Crippen LogP contribution is 2.22. The molecule has 0 unspecified atom stereocenters.